The fourth-order valence-electron chi connectivity index (χ4n) is 1.24. The fourth-order valence-corrected chi connectivity index (χ4v) is 3.71. The van der Waals surface area contributed by atoms with E-state index in [-0.39, 0.29) is 0 Å². The highest BCUT2D eigenvalue weighted by atomic mass is 28.3. The van der Waals surface area contributed by atoms with Gasteiger partial charge in [-0.1, -0.05) is 13.3 Å². The monoisotopic (exact) mass is 160 g/mol. The van der Waals surface area contributed by atoms with Crippen molar-refractivity contribution in [2.24, 2.45) is 0 Å². The number of hydrogen-bond acceptors (Lipinski definition) is 2. The topological polar surface area (TPSA) is 6.48 Å². The van der Waals surface area contributed by atoms with Crippen molar-refractivity contribution >= 4 is 9.12 Å². The Balaban J connectivity index is 3.73. The molecule has 0 aliphatic rings. The molecule has 2 nitrogen and oxygen atoms in total. The van der Waals surface area contributed by atoms with Crippen LogP contribution in [0.5, 0.6) is 0 Å². The summed E-state index contributed by atoms with van der Waals surface area (Å²) in [6.07, 6.45) is 1.31. The molecule has 0 N–H and O–H groups in total. The van der Waals surface area contributed by atoms with Crippen molar-refractivity contribution in [3.8, 4) is 0 Å². The molecule has 10 heavy (non-hydrogen) atoms. The molecule has 0 unspecified atom stereocenters. The zero-order valence-corrected chi connectivity index (χ0v) is 9.04. The smallest absolute Gasteiger partial charge is 0.189 e. The zero-order chi connectivity index (χ0) is 8.15. The van der Waals surface area contributed by atoms with Crippen molar-refractivity contribution in [3.05, 3.63) is 0 Å². The maximum atomic E-state index is 2.39. The lowest BCUT2D eigenvalue weighted by Crippen LogP contribution is -2.45. The van der Waals surface area contributed by atoms with Crippen molar-refractivity contribution in [3.63, 3.8) is 0 Å². The molecule has 0 bridgehead atoms. The van der Waals surface area contributed by atoms with E-state index in [0.29, 0.717) is 0 Å². The van der Waals surface area contributed by atoms with Crippen molar-refractivity contribution in [1.29, 1.82) is 0 Å². The SMILES string of the molecule is CCC[SiH](N(C)C)N(C)C. The Morgan fingerprint density at radius 3 is 1.50 bits per heavy atom. The summed E-state index contributed by atoms with van der Waals surface area (Å²) >= 11 is 0. The normalized spacial score (nSPS) is 12.0. The highest BCUT2D eigenvalue weighted by Gasteiger charge is 2.14. The molecule has 0 atom stereocenters. The van der Waals surface area contributed by atoms with E-state index < -0.39 is 9.12 Å². The first-order chi connectivity index (χ1) is 4.59. The summed E-state index contributed by atoms with van der Waals surface area (Å²) in [7, 11) is 8.03. The van der Waals surface area contributed by atoms with E-state index >= 15 is 0 Å². The Kier molecular flexibility index (Phi) is 4.94. The van der Waals surface area contributed by atoms with Gasteiger partial charge >= 0.3 is 0 Å². The third kappa shape index (κ3) is 3.34. The van der Waals surface area contributed by atoms with Crippen LogP contribution in [0, 0.1) is 0 Å². The van der Waals surface area contributed by atoms with Gasteiger partial charge in [0.05, 0.1) is 0 Å². The predicted molar refractivity (Wildman–Crippen MR) is 49.6 cm³/mol. The molecule has 0 aromatic carbocycles. The van der Waals surface area contributed by atoms with Crippen molar-refractivity contribution in [2.75, 3.05) is 28.2 Å². The lowest BCUT2D eigenvalue weighted by molar-refractivity contribution is 0.511. The summed E-state index contributed by atoms with van der Waals surface area (Å²) in [5, 5.41) is 0. The van der Waals surface area contributed by atoms with E-state index in [4.69, 9.17) is 0 Å². The minimum atomic E-state index is -0.714. The van der Waals surface area contributed by atoms with Crippen LogP contribution in [0.3, 0.4) is 0 Å². The Hall–Kier alpha value is 0.137. The molecule has 0 aromatic heterocycles. The Morgan fingerprint density at radius 2 is 1.40 bits per heavy atom. The van der Waals surface area contributed by atoms with E-state index in [2.05, 4.69) is 44.2 Å². The van der Waals surface area contributed by atoms with E-state index in [0.717, 1.165) is 0 Å². The maximum Gasteiger partial charge on any atom is 0.189 e. The lowest BCUT2D eigenvalue weighted by atomic mass is 10.6. The molecule has 0 radical (unpaired) electrons. The average Bonchev–Trinajstić information content (AvgIpc) is 1.81. The van der Waals surface area contributed by atoms with Gasteiger partial charge in [-0.15, -0.1) is 0 Å². The van der Waals surface area contributed by atoms with Gasteiger partial charge < -0.3 is 9.13 Å². The first-order valence-corrected chi connectivity index (χ1v) is 5.77. The van der Waals surface area contributed by atoms with Crippen LogP contribution in [0.25, 0.3) is 0 Å². The van der Waals surface area contributed by atoms with Crippen LogP contribution in [0.2, 0.25) is 6.04 Å². The van der Waals surface area contributed by atoms with Gasteiger partial charge in [0.15, 0.2) is 9.12 Å². The molecule has 0 saturated heterocycles. The van der Waals surface area contributed by atoms with Crippen LogP contribution in [0.1, 0.15) is 13.3 Å². The van der Waals surface area contributed by atoms with Crippen molar-refractivity contribution in [2.45, 2.75) is 19.4 Å². The first-order valence-electron chi connectivity index (χ1n) is 3.92. The molecule has 3 heteroatoms. The summed E-state index contributed by atoms with van der Waals surface area (Å²) in [5.41, 5.74) is 0. The van der Waals surface area contributed by atoms with Gasteiger partial charge in [0.25, 0.3) is 0 Å². The zero-order valence-electron chi connectivity index (χ0n) is 7.89. The molecule has 0 amide bonds. The molecule has 0 heterocycles. The van der Waals surface area contributed by atoms with Gasteiger partial charge in [-0.25, -0.2) is 0 Å². The third-order valence-corrected chi connectivity index (χ3v) is 5.22. The average molecular weight is 160 g/mol. The lowest BCUT2D eigenvalue weighted by Gasteiger charge is -2.28. The van der Waals surface area contributed by atoms with Crippen molar-refractivity contribution < 1.29 is 0 Å². The minimum absolute atomic E-state index is 0.714. The highest BCUT2D eigenvalue weighted by molar-refractivity contribution is 6.52. The van der Waals surface area contributed by atoms with Gasteiger partial charge in [-0.05, 0) is 34.2 Å². The number of hydrogen-bond donors (Lipinski definition) is 0. The van der Waals surface area contributed by atoms with Gasteiger partial charge in [0.2, 0.25) is 0 Å². The fraction of sp³-hybridized carbons (Fsp3) is 1.00. The molecule has 0 fully saturated rings. The summed E-state index contributed by atoms with van der Waals surface area (Å²) in [4.78, 5) is 0. The van der Waals surface area contributed by atoms with Crippen LogP contribution in [-0.4, -0.2) is 46.4 Å². The van der Waals surface area contributed by atoms with Crippen LogP contribution in [0.15, 0.2) is 0 Å². The van der Waals surface area contributed by atoms with Crippen LogP contribution in [0.4, 0.5) is 0 Å². The standard InChI is InChI=1S/C7H20N2Si/c1-6-7-10(8(2)3)9(4)5/h10H,6-7H2,1-5H3. The molecule has 0 rings (SSSR count). The quantitative estimate of drug-likeness (QED) is 0.560. The van der Waals surface area contributed by atoms with Gasteiger partial charge in [0.1, 0.15) is 0 Å². The van der Waals surface area contributed by atoms with Gasteiger partial charge in [-0.3, -0.25) is 0 Å². The van der Waals surface area contributed by atoms with E-state index in [9.17, 15) is 0 Å². The number of rotatable bonds is 4. The summed E-state index contributed by atoms with van der Waals surface area (Å²) in [6.45, 7) is 2.26. The summed E-state index contributed by atoms with van der Waals surface area (Å²) in [5.74, 6) is 0. The van der Waals surface area contributed by atoms with Crippen LogP contribution in [-0.2, 0) is 0 Å². The molecule has 0 saturated carbocycles. The second kappa shape index (κ2) is 4.88. The van der Waals surface area contributed by atoms with Gasteiger partial charge in [-0.2, -0.15) is 0 Å². The van der Waals surface area contributed by atoms with E-state index in [1.54, 1.807) is 0 Å². The first kappa shape index (κ1) is 10.1. The summed E-state index contributed by atoms with van der Waals surface area (Å²) in [6, 6.07) is 1.39. The molecular formula is C7H20N2Si. The molecule has 0 spiro atoms. The van der Waals surface area contributed by atoms with Crippen LogP contribution < -0.4 is 0 Å². The second-order valence-corrected chi connectivity index (χ2v) is 6.80. The minimum Gasteiger partial charge on any atom is -0.320 e. The predicted octanol–water partition coefficient (Wildman–Crippen LogP) is 0.740. The highest BCUT2D eigenvalue weighted by Crippen LogP contribution is 2.01. The molecule has 62 valence electrons. The van der Waals surface area contributed by atoms with Crippen LogP contribution >= 0.6 is 0 Å². The second-order valence-electron chi connectivity index (χ2n) is 3.20. The van der Waals surface area contributed by atoms with Crippen molar-refractivity contribution in [1.82, 2.24) is 9.13 Å². The summed E-state index contributed by atoms with van der Waals surface area (Å²) < 4.78 is 4.78. The van der Waals surface area contributed by atoms with E-state index in [1.165, 1.54) is 12.5 Å². The maximum absolute atomic E-state index is 2.39. The molecule has 0 aliphatic heterocycles. The Morgan fingerprint density at radius 1 is 1.00 bits per heavy atom. The Labute approximate surface area is 66.6 Å². The largest absolute Gasteiger partial charge is 0.320 e. The molecule has 0 aliphatic carbocycles. The van der Waals surface area contributed by atoms with E-state index in [1.807, 2.05) is 0 Å². The molecular weight excluding hydrogens is 140 g/mol. The third-order valence-electron chi connectivity index (χ3n) is 1.74. The van der Waals surface area contributed by atoms with Gasteiger partial charge in [0, 0.05) is 0 Å². The number of nitrogens with zero attached hydrogens (tertiary/aromatic N) is 2. The molecule has 0 aromatic rings. The Bertz CT molecular complexity index is 75.7.